The Morgan fingerprint density at radius 2 is 0.633 bits per heavy atom. The van der Waals surface area contributed by atoms with E-state index in [4.69, 9.17) is 5.11 Å². The first-order valence-corrected chi connectivity index (χ1v) is 11.0. The fraction of sp³-hybridized carbons (Fsp3) is 0.895. The van der Waals surface area contributed by atoms with Gasteiger partial charge in [-0.25, -0.2) is 4.39 Å². The molecule has 0 amide bonds. The fourth-order valence-electron chi connectivity index (χ4n) is 3.00. The second-order valence-corrected chi connectivity index (χ2v) is 9.73. The molecular formula is C19H11F28NO. The molecule has 0 radical (unpaired) electrons. The van der Waals surface area contributed by atoms with Crippen LogP contribution in [0.2, 0.25) is 0 Å². The van der Waals surface area contributed by atoms with E-state index in [1.165, 1.54) is 0 Å². The monoisotopic (exact) mass is 801 g/mol. The minimum atomic E-state index is -9.88. The van der Waals surface area contributed by atoms with Gasteiger partial charge in [0.25, 0.3) is 0 Å². The van der Waals surface area contributed by atoms with Crippen molar-refractivity contribution < 1.29 is 128 Å². The van der Waals surface area contributed by atoms with Gasteiger partial charge in [0.1, 0.15) is 0 Å². The van der Waals surface area contributed by atoms with Crippen LogP contribution < -0.4 is 0 Å². The van der Waals surface area contributed by atoms with Crippen molar-refractivity contribution >= 4 is 0 Å². The molecule has 0 aliphatic rings. The Labute approximate surface area is 250 Å². The molecule has 0 aliphatic carbocycles. The van der Waals surface area contributed by atoms with Crippen LogP contribution in [0.3, 0.4) is 0 Å². The van der Waals surface area contributed by atoms with Crippen LogP contribution in [0.4, 0.5) is 123 Å². The minimum absolute atomic E-state index is 0.647. The number of allylic oxidation sites excluding steroid dienone is 1. The summed E-state index contributed by atoms with van der Waals surface area (Å²) in [5.74, 6) is -116. The Balaban J connectivity index is 7.46. The maximum absolute atomic E-state index is 13.9. The van der Waals surface area contributed by atoms with Gasteiger partial charge in [-0.3, -0.25) is 0 Å². The van der Waals surface area contributed by atoms with Crippen LogP contribution in [0.5, 0.6) is 0 Å². The molecule has 0 heterocycles. The molecule has 0 aromatic heterocycles. The molecule has 49 heavy (non-hydrogen) atoms. The molecule has 2 nitrogen and oxygen atoms in total. The molecule has 0 saturated heterocycles. The standard InChI is InChI=1S/C19H11F28NO/c1-48(2)4-5(49)3-6(20)7(21,22)8(23,24)9(25,26)10(27,28)11(29,30)12(31,32)13(33,34)14(35,36)15(37,38)16(39,40)17(41,42)18(43,44)19(45,46)47/h3,5,49H,4H2,1-2H3. The molecule has 0 bridgehead atoms. The molecule has 1 atom stereocenters. The maximum atomic E-state index is 13.9. The normalized spacial score (nSPS) is 17.6. The van der Waals surface area contributed by atoms with E-state index in [0.717, 1.165) is 14.1 Å². The molecule has 0 saturated carbocycles. The van der Waals surface area contributed by atoms with Gasteiger partial charge in [-0.2, -0.15) is 119 Å². The van der Waals surface area contributed by atoms with Crippen LogP contribution in [0, 0.1) is 0 Å². The summed E-state index contributed by atoms with van der Waals surface area (Å²) in [7, 11) is 1.75. The summed E-state index contributed by atoms with van der Waals surface area (Å²) < 4.78 is 377. The van der Waals surface area contributed by atoms with E-state index >= 15 is 0 Å². The molecule has 30 heteroatoms. The van der Waals surface area contributed by atoms with Crippen molar-refractivity contribution in [3.05, 3.63) is 11.9 Å². The van der Waals surface area contributed by atoms with Crippen LogP contribution in [0.1, 0.15) is 0 Å². The number of aliphatic hydroxyl groups is 1. The van der Waals surface area contributed by atoms with Crippen LogP contribution >= 0.6 is 0 Å². The number of aliphatic hydroxyl groups excluding tert-OH is 1. The van der Waals surface area contributed by atoms with Crippen molar-refractivity contribution in [1.82, 2.24) is 4.90 Å². The van der Waals surface area contributed by atoms with Crippen LogP contribution in [0.25, 0.3) is 0 Å². The van der Waals surface area contributed by atoms with Crippen molar-refractivity contribution in [3.63, 3.8) is 0 Å². The van der Waals surface area contributed by atoms with Crippen LogP contribution in [0.15, 0.2) is 11.9 Å². The van der Waals surface area contributed by atoms with E-state index in [-0.39, 0.29) is 0 Å². The molecule has 294 valence electrons. The molecule has 0 aromatic carbocycles. The van der Waals surface area contributed by atoms with Crippen LogP contribution in [-0.4, -0.2) is 114 Å². The summed E-state index contributed by atoms with van der Waals surface area (Å²) in [6, 6.07) is 0. The van der Waals surface area contributed by atoms with Crippen molar-refractivity contribution in [1.29, 1.82) is 0 Å². The average molecular weight is 801 g/mol. The van der Waals surface area contributed by atoms with Crippen molar-refractivity contribution in [2.45, 2.75) is 83.4 Å². The smallest absolute Gasteiger partial charge is 0.388 e. The lowest BCUT2D eigenvalue weighted by atomic mass is 9.84. The summed E-state index contributed by atoms with van der Waals surface area (Å²) in [6.07, 6.45) is -12.4. The summed E-state index contributed by atoms with van der Waals surface area (Å²) in [5, 5.41) is 9.14. The average Bonchev–Trinajstić information content (AvgIpc) is 2.85. The highest BCUT2D eigenvalue weighted by atomic mass is 19.4. The van der Waals surface area contributed by atoms with Gasteiger partial charge in [-0.15, -0.1) is 0 Å². The Morgan fingerprint density at radius 1 is 0.429 bits per heavy atom. The number of rotatable bonds is 15. The summed E-state index contributed by atoms with van der Waals surface area (Å²) in [5.41, 5.74) is 0. The number of hydrogen-bond acceptors (Lipinski definition) is 2. The highest BCUT2D eigenvalue weighted by Crippen LogP contribution is 2.68. The fourth-order valence-corrected chi connectivity index (χ4v) is 3.00. The number of halogens is 28. The molecule has 0 rings (SSSR count). The van der Waals surface area contributed by atoms with E-state index < -0.39 is 102 Å². The van der Waals surface area contributed by atoms with E-state index in [9.17, 15) is 123 Å². The number of likely N-dealkylation sites (N-methyl/N-ethyl adjacent to an activating group) is 1. The minimum Gasteiger partial charge on any atom is -0.388 e. The Bertz CT molecular complexity index is 1210. The zero-order chi connectivity index (χ0) is 40.6. The maximum Gasteiger partial charge on any atom is 0.460 e. The Kier molecular flexibility index (Phi) is 11.6. The SMILES string of the molecule is CN(C)CC(O)C=C(F)C(F)(F)C(F)(F)C(F)(F)C(F)(F)C(F)(F)C(F)(F)C(F)(F)C(F)(F)C(F)(F)C(F)(F)C(F)(F)C(F)(F)C(F)(F)F. The zero-order valence-electron chi connectivity index (χ0n) is 22.3. The number of alkyl halides is 27. The van der Waals surface area contributed by atoms with Gasteiger partial charge in [-0.1, -0.05) is 0 Å². The molecule has 1 unspecified atom stereocenters. The molecular weight excluding hydrogens is 790 g/mol. The van der Waals surface area contributed by atoms with Gasteiger partial charge in [0.05, 0.1) is 6.10 Å². The topological polar surface area (TPSA) is 23.5 Å². The van der Waals surface area contributed by atoms with E-state index in [0.29, 0.717) is 4.90 Å². The lowest BCUT2D eigenvalue weighted by molar-refractivity contribution is -0.484. The molecule has 1 N–H and O–H groups in total. The van der Waals surface area contributed by atoms with E-state index in [2.05, 4.69) is 0 Å². The molecule has 0 aliphatic heterocycles. The highest BCUT2D eigenvalue weighted by Gasteiger charge is 3.00. The van der Waals surface area contributed by atoms with Gasteiger partial charge in [0, 0.05) is 6.54 Å². The van der Waals surface area contributed by atoms with Crippen molar-refractivity contribution in [3.8, 4) is 0 Å². The zero-order valence-corrected chi connectivity index (χ0v) is 22.3. The van der Waals surface area contributed by atoms with Gasteiger partial charge < -0.3 is 10.0 Å². The predicted octanol–water partition coefficient (Wildman–Crippen LogP) is 8.95. The number of hydrogen-bond donors (Lipinski definition) is 1. The predicted molar refractivity (Wildman–Crippen MR) is 99.2 cm³/mol. The van der Waals surface area contributed by atoms with E-state index in [1.807, 2.05) is 0 Å². The van der Waals surface area contributed by atoms with Crippen molar-refractivity contribution in [2.24, 2.45) is 0 Å². The van der Waals surface area contributed by atoms with Gasteiger partial charge in [0.15, 0.2) is 5.83 Å². The van der Waals surface area contributed by atoms with Gasteiger partial charge >= 0.3 is 77.2 Å². The second-order valence-electron chi connectivity index (χ2n) is 9.73. The summed E-state index contributed by atoms with van der Waals surface area (Å²) in [6.45, 7) is -1.15. The lowest BCUT2D eigenvalue weighted by Crippen LogP contribution is -2.78. The molecule has 0 aromatic rings. The van der Waals surface area contributed by atoms with Gasteiger partial charge in [0.2, 0.25) is 0 Å². The summed E-state index contributed by atoms with van der Waals surface area (Å²) in [4.78, 5) is 0.647. The third-order valence-electron chi connectivity index (χ3n) is 5.88. The number of nitrogens with zero attached hydrogens (tertiary/aromatic N) is 1. The Morgan fingerprint density at radius 3 is 0.837 bits per heavy atom. The van der Waals surface area contributed by atoms with Crippen LogP contribution in [-0.2, 0) is 0 Å². The first-order valence-electron chi connectivity index (χ1n) is 11.0. The molecule has 0 fully saturated rings. The second kappa shape index (κ2) is 12.1. The highest BCUT2D eigenvalue weighted by molar-refractivity contribution is 5.23. The third kappa shape index (κ3) is 6.09. The molecule has 0 spiro atoms. The van der Waals surface area contributed by atoms with Gasteiger partial charge in [-0.05, 0) is 20.2 Å². The summed E-state index contributed by atoms with van der Waals surface area (Å²) >= 11 is 0. The van der Waals surface area contributed by atoms with E-state index in [1.54, 1.807) is 0 Å². The first kappa shape index (κ1) is 46.7. The first-order chi connectivity index (χ1) is 20.7. The third-order valence-corrected chi connectivity index (χ3v) is 5.88. The lowest BCUT2D eigenvalue weighted by Gasteiger charge is -2.46. The Hall–Kier alpha value is -2.30. The quantitative estimate of drug-likeness (QED) is 0.167. The largest absolute Gasteiger partial charge is 0.460 e. The van der Waals surface area contributed by atoms with Crippen molar-refractivity contribution in [2.75, 3.05) is 20.6 Å².